The van der Waals surface area contributed by atoms with E-state index in [1.807, 2.05) is 12.3 Å². The van der Waals surface area contributed by atoms with E-state index in [4.69, 9.17) is 5.11 Å². The van der Waals surface area contributed by atoms with E-state index in [0.717, 1.165) is 24.2 Å². The SMILES string of the molecule is CN1CCC[C@@H](Cc2ccc(-c3cncc(C(=O)O)c3)nc2)C1. The first-order valence-corrected chi connectivity index (χ1v) is 7.94. The third kappa shape index (κ3) is 3.93. The Balaban J connectivity index is 1.72. The molecule has 23 heavy (non-hydrogen) atoms. The van der Waals surface area contributed by atoms with Crippen molar-refractivity contribution in [2.45, 2.75) is 19.3 Å². The molecule has 1 saturated heterocycles. The highest BCUT2D eigenvalue weighted by molar-refractivity contribution is 5.88. The standard InChI is InChI=1S/C18H21N3O2/c1-21-6-2-3-14(12-21)7-13-4-5-17(20-9-13)15-8-16(18(22)23)11-19-10-15/h4-5,8-11,14H,2-3,6-7,12H2,1H3,(H,22,23)/t14-/m0/s1. The highest BCUT2D eigenvalue weighted by Gasteiger charge is 2.17. The lowest BCUT2D eigenvalue weighted by molar-refractivity contribution is 0.0696. The normalized spacial score (nSPS) is 18.7. The van der Waals surface area contributed by atoms with Crippen molar-refractivity contribution in [3.63, 3.8) is 0 Å². The van der Waals surface area contributed by atoms with Gasteiger partial charge in [0.25, 0.3) is 0 Å². The van der Waals surface area contributed by atoms with Crippen molar-refractivity contribution in [3.05, 3.63) is 47.9 Å². The van der Waals surface area contributed by atoms with Crippen LogP contribution in [0.15, 0.2) is 36.8 Å². The molecule has 5 heteroatoms. The Hall–Kier alpha value is -2.27. The summed E-state index contributed by atoms with van der Waals surface area (Å²) < 4.78 is 0. The lowest BCUT2D eigenvalue weighted by Crippen LogP contribution is -2.32. The predicted octanol–water partition coefficient (Wildman–Crippen LogP) is 2.73. The lowest BCUT2D eigenvalue weighted by Gasteiger charge is -2.29. The molecular weight excluding hydrogens is 290 g/mol. The topological polar surface area (TPSA) is 66.3 Å². The van der Waals surface area contributed by atoms with Crippen molar-refractivity contribution in [3.8, 4) is 11.3 Å². The number of hydrogen-bond acceptors (Lipinski definition) is 4. The summed E-state index contributed by atoms with van der Waals surface area (Å²) in [5.41, 5.74) is 2.90. The van der Waals surface area contributed by atoms with Crippen LogP contribution in [0.5, 0.6) is 0 Å². The molecule has 0 aliphatic carbocycles. The quantitative estimate of drug-likeness (QED) is 0.940. The van der Waals surface area contributed by atoms with Crippen LogP contribution in [0.3, 0.4) is 0 Å². The van der Waals surface area contributed by atoms with Crippen LogP contribution >= 0.6 is 0 Å². The molecule has 0 radical (unpaired) electrons. The van der Waals surface area contributed by atoms with Crippen LogP contribution < -0.4 is 0 Å². The highest BCUT2D eigenvalue weighted by Crippen LogP contribution is 2.22. The molecule has 0 aromatic carbocycles. The van der Waals surface area contributed by atoms with Gasteiger partial charge in [-0.25, -0.2) is 4.79 Å². The molecule has 2 aromatic rings. The van der Waals surface area contributed by atoms with E-state index in [1.54, 1.807) is 12.3 Å². The van der Waals surface area contributed by atoms with Gasteiger partial charge in [-0.2, -0.15) is 0 Å². The second-order valence-electron chi connectivity index (χ2n) is 6.29. The van der Waals surface area contributed by atoms with Crippen LogP contribution in [0.4, 0.5) is 0 Å². The average Bonchev–Trinajstić information content (AvgIpc) is 2.56. The van der Waals surface area contributed by atoms with Crippen LogP contribution in [0, 0.1) is 5.92 Å². The number of hydrogen-bond donors (Lipinski definition) is 1. The number of aromatic carboxylic acids is 1. The molecule has 1 fully saturated rings. The van der Waals surface area contributed by atoms with Crippen LogP contribution in [-0.4, -0.2) is 46.1 Å². The van der Waals surface area contributed by atoms with Gasteiger partial charge in [0.2, 0.25) is 0 Å². The molecule has 0 bridgehead atoms. The number of pyridine rings is 2. The summed E-state index contributed by atoms with van der Waals surface area (Å²) in [4.78, 5) is 21.9. The molecule has 3 rings (SSSR count). The van der Waals surface area contributed by atoms with Crippen molar-refractivity contribution in [2.24, 2.45) is 5.92 Å². The summed E-state index contributed by atoms with van der Waals surface area (Å²) in [6, 6.07) is 5.64. The molecule has 1 aliphatic rings. The zero-order chi connectivity index (χ0) is 16.2. The molecule has 3 heterocycles. The summed E-state index contributed by atoms with van der Waals surface area (Å²) in [6.07, 6.45) is 8.48. The first-order valence-electron chi connectivity index (χ1n) is 7.94. The largest absolute Gasteiger partial charge is 0.478 e. The van der Waals surface area contributed by atoms with Crippen molar-refractivity contribution >= 4 is 5.97 Å². The minimum absolute atomic E-state index is 0.179. The Morgan fingerprint density at radius 1 is 1.35 bits per heavy atom. The second-order valence-corrected chi connectivity index (χ2v) is 6.29. The lowest BCUT2D eigenvalue weighted by atomic mass is 9.92. The Morgan fingerprint density at radius 2 is 2.22 bits per heavy atom. The van der Waals surface area contributed by atoms with Crippen molar-refractivity contribution in [2.75, 3.05) is 20.1 Å². The fourth-order valence-electron chi connectivity index (χ4n) is 3.19. The van der Waals surface area contributed by atoms with Crippen molar-refractivity contribution in [1.29, 1.82) is 0 Å². The van der Waals surface area contributed by atoms with E-state index in [9.17, 15) is 4.79 Å². The first kappa shape index (κ1) is 15.6. The van der Waals surface area contributed by atoms with Gasteiger partial charge in [0.1, 0.15) is 0 Å². The molecule has 1 atom stereocenters. The summed E-state index contributed by atoms with van der Waals surface area (Å²) in [7, 11) is 2.18. The first-order chi connectivity index (χ1) is 11.1. The van der Waals surface area contributed by atoms with Crippen molar-refractivity contribution < 1.29 is 9.90 Å². The molecule has 120 valence electrons. The van der Waals surface area contributed by atoms with Gasteiger partial charge in [-0.05, 0) is 56.5 Å². The fraction of sp³-hybridized carbons (Fsp3) is 0.389. The zero-order valence-electron chi connectivity index (χ0n) is 13.3. The van der Waals surface area contributed by atoms with Gasteiger partial charge >= 0.3 is 5.97 Å². The Bertz CT molecular complexity index is 685. The van der Waals surface area contributed by atoms with E-state index >= 15 is 0 Å². The third-order valence-corrected chi connectivity index (χ3v) is 4.35. The van der Waals surface area contributed by atoms with Gasteiger partial charge in [0.15, 0.2) is 0 Å². The summed E-state index contributed by atoms with van der Waals surface area (Å²) in [5.74, 6) is -0.282. The molecule has 0 unspecified atom stereocenters. The minimum Gasteiger partial charge on any atom is -0.478 e. The maximum Gasteiger partial charge on any atom is 0.337 e. The Kier molecular flexibility index (Phi) is 4.67. The van der Waals surface area contributed by atoms with Crippen molar-refractivity contribution in [1.82, 2.24) is 14.9 Å². The van der Waals surface area contributed by atoms with E-state index in [2.05, 4.69) is 28.0 Å². The molecular formula is C18H21N3O2. The molecule has 1 aliphatic heterocycles. The Morgan fingerprint density at radius 3 is 2.91 bits per heavy atom. The van der Waals surface area contributed by atoms with E-state index < -0.39 is 5.97 Å². The molecule has 2 aromatic heterocycles. The highest BCUT2D eigenvalue weighted by atomic mass is 16.4. The van der Waals surface area contributed by atoms with Gasteiger partial charge in [-0.15, -0.1) is 0 Å². The van der Waals surface area contributed by atoms with E-state index in [-0.39, 0.29) is 5.56 Å². The van der Waals surface area contributed by atoms with E-state index in [1.165, 1.54) is 31.1 Å². The summed E-state index contributed by atoms with van der Waals surface area (Å²) in [6.45, 7) is 2.34. The molecule has 1 N–H and O–H groups in total. The second kappa shape index (κ2) is 6.87. The van der Waals surface area contributed by atoms with Crippen LogP contribution in [-0.2, 0) is 6.42 Å². The van der Waals surface area contributed by atoms with Gasteiger partial charge < -0.3 is 10.0 Å². The third-order valence-electron chi connectivity index (χ3n) is 4.35. The van der Waals surface area contributed by atoms with Gasteiger partial charge in [-0.3, -0.25) is 9.97 Å². The summed E-state index contributed by atoms with van der Waals surface area (Å²) in [5, 5.41) is 9.04. The maximum atomic E-state index is 11.0. The van der Waals surface area contributed by atoms with Gasteiger partial charge in [0, 0.05) is 30.7 Å². The maximum absolute atomic E-state index is 11.0. The number of aromatic nitrogens is 2. The van der Waals surface area contributed by atoms with Crippen LogP contribution in [0.2, 0.25) is 0 Å². The molecule has 0 saturated carbocycles. The number of carboxylic acid groups (broad SMARTS) is 1. The van der Waals surface area contributed by atoms with Gasteiger partial charge in [0.05, 0.1) is 11.3 Å². The average molecular weight is 311 g/mol. The monoisotopic (exact) mass is 311 g/mol. The Labute approximate surface area is 136 Å². The zero-order valence-corrected chi connectivity index (χ0v) is 13.3. The van der Waals surface area contributed by atoms with Crippen LogP contribution in [0.25, 0.3) is 11.3 Å². The van der Waals surface area contributed by atoms with Crippen LogP contribution in [0.1, 0.15) is 28.8 Å². The summed E-state index contributed by atoms with van der Waals surface area (Å²) >= 11 is 0. The molecule has 0 spiro atoms. The number of likely N-dealkylation sites (tertiary alicyclic amines) is 1. The number of rotatable bonds is 4. The molecule has 0 amide bonds. The predicted molar refractivity (Wildman–Crippen MR) is 88.4 cm³/mol. The number of carbonyl (C=O) groups is 1. The number of nitrogens with zero attached hydrogens (tertiary/aromatic N) is 3. The fourth-order valence-corrected chi connectivity index (χ4v) is 3.19. The number of carboxylic acids is 1. The van der Waals surface area contributed by atoms with E-state index in [0.29, 0.717) is 5.92 Å². The molecule has 5 nitrogen and oxygen atoms in total. The van der Waals surface area contributed by atoms with Gasteiger partial charge in [-0.1, -0.05) is 6.07 Å². The number of piperidine rings is 1. The smallest absolute Gasteiger partial charge is 0.337 e. The minimum atomic E-state index is -0.975.